The highest BCUT2D eigenvalue weighted by Crippen LogP contribution is 2.28. The van der Waals surface area contributed by atoms with E-state index in [9.17, 15) is 0 Å². The molecule has 21 heavy (non-hydrogen) atoms. The van der Waals surface area contributed by atoms with Crippen molar-refractivity contribution in [2.24, 2.45) is 4.99 Å². The molecule has 1 aliphatic heterocycles. The zero-order valence-electron chi connectivity index (χ0n) is 13.6. The molecule has 6 heteroatoms. The van der Waals surface area contributed by atoms with Gasteiger partial charge < -0.3 is 10.6 Å². The lowest BCUT2D eigenvalue weighted by Crippen LogP contribution is -2.45. The molecular formula is C15H31IN4S. The van der Waals surface area contributed by atoms with Gasteiger partial charge in [0.1, 0.15) is 0 Å². The molecule has 0 bridgehead atoms. The summed E-state index contributed by atoms with van der Waals surface area (Å²) in [7, 11) is 1.86. The predicted molar refractivity (Wildman–Crippen MR) is 105 cm³/mol. The summed E-state index contributed by atoms with van der Waals surface area (Å²) in [5.41, 5.74) is 0. The fraction of sp³-hybridized carbons (Fsp3) is 0.933. The zero-order valence-corrected chi connectivity index (χ0v) is 16.7. The van der Waals surface area contributed by atoms with Gasteiger partial charge in [0.2, 0.25) is 0 Å². The van der Waals surface area contributed by atoms with Gasteiger partial charge in [0.25, 0.3) is 0 Å². The molecule has 1 saturated heterocycles. The standard InChI is InChI=1S/C15H30N4S.HI/c1-12(2)19(13-6-7-13)9-8-17-15(16-3)18-11-14-5-4-10-20-14;/h12-14H,4-11H2,1-3H3,(H2,16,17,18);1H. The third kappa shape index (κ3) is 6.95. The number of halogens is 1. The molecule has 1 unspecified atom stereocenters. The highest BCUT2D eigenvalue weighted by atomic mass is 127. The molecule has 0 amide bonds. The second-order valence-electron chi connectivity index (χ2n) is 6.08. The van der Waals surface area contributed by atoms with Gasteiger partial charge >= 0.3 is 0 Å². The average molecular weight is 426 g/mol. The van der Waals surface area contributed by atoms with Crippen molar-refractivity contribution in [3.05, 3.63) is 0 Å². The first kappa shape index (κ1) is 19.4. The van der Waals surface area contributed by atoms with Crippen molar-refractivity contribution in [2.45, 2.75) is 56.9 Å². The summed E-state index contributed by atoms with van der Waals surface area (Å²) >= 11 is 2.09. The van der Waals surface area contributed by atoms with Crippen LogP contribution in [-0.2, 0) is 0 Å². The van der Waals surface area contributed by atoms with Gasteiger partial charge in [-0.05, 0) is 45.3 Å². The Morgan fingerprint density at radius 1 is 1.29 bits per heavy atom. The largest absolute Gasteiger partial charge is 0.355 e. The van der Waals surface area contributed by atoms with Crippen molar-refractivity contribution in [1.29, 1.82) is 0 Å². The summed E-state index contributed by atoms with van der Waals surface area (Å²) in [6.07, 6.45) is 5.47. The minimum absolute atomic E-state index is 0. The molecule has 1 aliphatic carbocycles. The van der Waals surface area contributed by atoms with Crippen molar-refractivity contribution in [2.75, 3.05) is 32.4 Å². The van der Waals surface area contributed by atoms with Gasteiger partial charge in [-0.1, -0.05) is 0 Å². The first-order valence-electron chi connectivity index (χ1n) is 8.02. The van der Waals surface area contributed by atoms with Gasteiger partial charge in [-0.15, -0.1) is 24.0 Å². The number of nitrogens with one attached hydrogen (secondary N) is 2. The lowest BCUT2D eigenvalue weighted by atomic mass is 10.2. The highest BCUT2D eigenvalue weighted by Gasteiger charge is 2.30. The quantitative estimate of drug-likeness (QED) is 0.373. The second-order valence-corrected chi connectivity index (χ2v) is 7.49. The molecule has 4 nitrogen and oxygen atoms in total. The van der Waals surface area contributed by atoms with Crippen molar-refractivity contribution >= 4 is 41.7 Å². The van der Waals surface area contributed by atoms with Crippen LogP contribution in [0.5, 0.6) is 0 Å². The molecular weight excluding hydrogens is 395 g/mol. The summed E-state index contributed by atoms with van der Waals surface area (Å²) in [5.74, 6) is 2.28. The van der Waals surface area contributed by atoms with Crippen LogP contribution >= 0.6 is 35.7 Å². The monoisotopic (exact) mass is 426 g/mol. The van der Waals surface area contributed by atoms with Crippen LogP contribution in [-0.4, -0.2) is 60.6 Å². The van der Waals surface area contributed by atoms with Gasteiger partial charge in [-0.3, -0.25) is 9.89 Å². The van der Waals surface area contributed by atoms with E-state index in [0.29, 0.717) is 6.04 Å². The first-order chi connectivity index (χ1) is 9.70. The molecule has 2 fully saturated rings. The van der Waals surface area contributed by atoms with Crippen LogP contribution in [0, 0.1) is 0 Å². The number of thioether (sulfide) groups is 1. The fourth-order valence-electron chi connectivity index (χ4n) is 2.81. The Labute approximate surface area is 151 Å². The highest BCUT2D eigenvalue weighted by molar-refractivity contribution is 14.0. The third-order valence-electron chi connectivity index (χ3n) is 4.09. The predicted octanol–water partition coefficient (Wildman–Crippen LogP) is 2.54. The van der Waals surface area contributed by atoms with E-state index >= 15 is 0 Å². The lowest BCUT2D eigenvalue weighted by molar-refractivity contribution is 0.215. The van der Waals surface area contributed by atoms with Gasteiger partial charge in [0.05, 0.1) is 0 Å². The SMILES string of the molecule is CN=C(NCCN(C(C)C)C1CC1)NCC1CCCS1.I. The molecule has 0 aromatic carbocycles. The van der Waals surface area contributed by atoms with E-state index in [1.807, 2.05) is 7.05 Å². The van der Waals surface area contributed by atoms with Crippen molar-refractivity contribution in [3.8, 4) is 0 Å². The minimum Gasteiger partial charge on any atom is -0.355 e. The van der Waals surface area contributed by atoms with Crippen LogP contribution in [0.25, 0.3) is 0 Å². The van der Waals surface area contributed by atoms with Gasteiger partial charge in [0, 0.05) is 44.0 Å². The Hall–Kier alpha value is 0.310. The molecule has 0 aromatic rings. The fourth-order valence-corrected chi connectivity index (χ4v) is 4.01. The summed E-state index contributed by atoms with van der Waals surface area (Å²) in [5, 5.41) is 7.68. The molecule has 2 N–H and O–H groups in total. The van der Waals surface area contributed by atoms with Crippen LogP contribution in [0.15, 0.2) is 4.99 Å². The molecule has 1 heterocycles. The van der Waals surface area contributed by atoms with Gasteiger partial charge in [-0.25, -0.2) is 0 Å². The Kier molecular flexibility index (Phi) is 9.36. The van der Waals surface area contributed by atoms with E-state index in [-0.39, 0.29) is 24.0 Å². The van der Waals surface area contributed by atoms with Crippen molar-refractivity contribution in [3.63, 3.8) is 0 Å². The van der Waals surface area contributed by atoms with E-state index in [4.69, 9.17) is 0 Å². The first-order valence-corrected chi connectivity index (χ1v) is 9.07. The van der Waals surface area contributed by atoms with Crippen molar-refractivity contribution < 1.29 is 0 Å². The van der Waals surface area contributed by atoms with E-state index in [2.05, 4.69) is 46.1 Å². The topological polar surface area (TPSA) is 39.7 Å². The van der Waals surface area contributed by atoms with E-state index in [0.717, 1.165) is 36.9 Å². The molecule has 2 rings (SSSR count). The summed E-state index contributed by atoms with van der Waals surface area (Å²) < 4.78 is 0. The Balaban J connectivity index is 0.00000220. The van der Waals surface area contributed by atoms with Crippen LogP contribution in [0.4, 0.5) is 0 Å². The Morgan fingerprint density at radius 2 is 2.05 bits per heavy atom. The van der Waals surface area contributed by atoms with Gasteiger partial charge in [0.15, 0.2) is 5.96 Å². The molecule has 124 valence electrons. The maximum atomic E-state index is 4.32. The zero-order chi connectivity index (χ0) is 14.4. The minimum atomic E-state index is 0. The molecule has 1 atom stereocenters. The molecule has 0 radical (unpaired) electrons. The second kappa shape index (κ2) is 10.2. The Morgan fingerprint density at radius 3 is 2.57 bits per heavy atom. The summed E-state index contributed by atoms with van der Waals surface area (Å²) in [6, 6.07) is 1.48. The number of nitrogens with zero attached hydrogens (tertiary/aromatic N) is 2. The maximum Gasteiger partial charge on any atom is 0.191 e. The summed E-state index contributed by atoms with van der Waals surface area (Å²) in [6.45, 7) is 7.72. The number of aliphatic imine (C=N–C) groups is 1. The van der Waals surface area contributed by atoms with Gasteiger partial charge in [-0.2, -0.15) is 11.8 Å². The third-order valence-corrected chi connectivity index (χ3v) is 5.48. The summed E-state index contributed by atoms with van der Waals surface area (Å²) in [4.78, 5) is 6.92. The maximum absolute atomic E-state index is 4.32. The molecule has 2 aliphatic rings. The van der Waals surface area contributed by atoms with Crippen LogP contribution in [0.2, 0.25) is 0 Å². The number of hydrogen-bond donors (Lipinski definition) is 2. The molecule has 1 saturated carbocycles. The smallest absolute Gasteiger partial charge is 0.191 e. The normalized spacial score (nSPS) is 22.5. The molecule has 0 spiro atoms. The Bertz CT molecular complexity index is 313. The average Bonchev–Trinajstić information content (AvgIpc) is 3.13. The van der Waals surface area contributed by atoms with E-state index in [1.54, 1.807) is 0 Å². The van der Waals surface area contributed by atoms with E-state index in [1.165, 1.54) is 31.4 Å². The lowest BCUT2D eigenvalue weighted by Gasteiger charge is -2.26. The van der Waals surface area contributed by atoms with Crippen LogP contribution in [0.3, 0.4) is 0 Å². The number of hydrogen-bond acceptors (Lipinski definition) is 3. The van der Waals surface area contributed by atoms with Crippen LogP contribution in [0.1, 0.15) is 39.5 Å². The molecule has 0 aromatic heterocycles. The van der Waals surface area contributed by atoms with Crippen LogP contribution < -0.4 is 10.6 Å². The number of guanidine groups is 1. The van der Waals surface area contributed by atoms with Crippen molar-refractivity contribution in [1.82, 2.24) is 15.5 Å². The number of rotatable bonds is 7. The van der Waals surface area contributed by atoms with E-state index < -0.39 is 0 Å².